The highest BCUT2D eigenvalue weighted by molar-refractivity contribution is 4.80. The average Bonchev–Trinajstić information content (AvgIpc) is 3.30. The summed E-state index contributed by atoms with van der Waals surface area (Å²) in [5.41, 5.74) is 0. The van der Waals surface area contributed by atoms with E-state index in [-0.39, 0.29) is 0 Å². The van der Waals surface area contributed by atoms with Crippen LogP contribution >= 0.6 is 0 Å². The van der Waals surface area contributed by atoms with Gasteiger partial charge >= 0.3 is 0 Å². The first kappa shape index (κ1) is 18.9. The van der Waals surface area contributed by atoms with Crippen LogP contribution in [0.1, 0.15) is 52.4 Å². The number of nitrogens with one attached hydrogen (secondary N) is 1. The molecule has 0 amide bonds. The fourth-order valence-electron chi connectivity index (χ4n) is 2.42. The van der Waals surface area contributed by atoms with Crippen LogP contribution < -0.4 is 5.32 Å². The Morgan fingerprint density at radius 3 is 2.05 bits per heavy atom. The summed E-state index contributed by atoms with van der Waals surface area (Å²) in [6.07, 6.45) is 8.11. The second-order valence-electron chi connectivity index (χ2n) is 5.88. The van der Waals surface area contributed by atoms with Crippen LogP contribution in [0.25, 0.3) is 0 Å². The second-order valence-corrected chi connectivity index (χ2v) is 5.88. The summed E-state index contributed by atoms with van der Waals surface area (Å²) in [6.45, 7) is 11.9. The van der Waals surface area contributed by atoms with Crippen molar-refractivity contribution in [3.63, 3.8) is 0 Å². The SMILES string of the molecule is CCOCCN(CCCCCCNC1CC1)CCOCC. The molecule has 0 heterocycles. The summed E-state index contributed by atoms with van der Waals surface area (Å²) in [6, 6.07) is 0.859. The molecule has 1 rings (SSSR count). The van der Waals surface area contributed by atoms with E-state index in [0.29, 0.717) is 0 Å². The topological polar surface area (TPSA) is 33.7 Å². The molecular weight excluding hydrogens is 264 g/mol. The van der Waals surface area contributed by atoms with Crippen LogP contribution in [-0.4, -0.2) is 63.5 Å². The minimum Gasteiger partial charge on any atom is -0.380 e. The molecule has 1 N–H and O–H groups in total. The molecule has 0 atom stereocenters. The summed E-state index contributed by atoms with van der Waals surface area (Å²) in [5, 5.41) is 3.58. The zero-order valence-electron chi connectivity index (χ0n) is 14.2. The lowest BCUT2D eigenvalue weighted by molar-refractivity contribution is 0.0820. The fraction of sp³-hybridized carbons (Fsp3) is 1.00. The largest absolute Gasteiger partial charge is 0.380 e. The molecule has 0 unspecified atom stereocenters. The normalized spacial score (nSPS) is 15.0. The van der Waals surface area contributed by atoms with Gasteiger partial charge in [-0.15, -0.1) is 0 Å². The van der Waals surface area contributed by atoms with Gasteiger partial charge in [-0.1, -0.05) is 12.8 Å². The van der Waals surface area contributed by atoms with Gasteiger partial charge in [0.05, 0.1) is 13.2 Å². The van der Waals surface area contributed by atoms with Gasteiger partial charge < -0.3 is 14.8 Å². The molecule has 0 radical (unpaired) electrons. The second kappa shape index (κ2) is 13.5. The summed E-state index contributed by atoms with van der Waals surface area (Å²) in [4.78, 5) is 2.48. The Labute approximate surface area is 131 Å². The van der Waals surface area contributed by atoms with Crippen LogP contribution in [0, 0.1) is 0 Å². The molecule has 0 aromatic carbocycles. The van der Waals surface area contributed by atoms with Gasteiger partial charge in [-0.3, -0.25) is 4.90 Å². The van der Waals surface area contributed by atoms with E-state index in [2.05, 4.69) is 24.1 Å². The molecule has 1 aliphatic rings. The summed E-state index contributed by atoms with van der Waals surface area (Å²) >= 11 is 0. The molecule has 21 heavy (non-hydrogen) atoms. The summed E-state index contributed by atoms with van der Waals surface area (Å²) in [5.74, 6) is 0. The Bertz CT molecular complexity index is 213. The highest BCUT2D eigenvalue weighted by Gasteiger charge is 2.19. The first-order valence-electron chi connectivity index (χ1n) is 8.98. The van der Waals surface area contributed by atoms with E-state index in [1.54, 1.807) is 0 Å². The van der Waals surface area contributed by atoms with E-state index in [1.165, 1.54) is 51.6 Å². The Morgan fingerprint density at radius 2 is 1.48 bits per heavy atom. The van der Waals surface area contributed by atoms with E-state index in [1.807, 2.05) is 0 Å². The monoisotopic (exact) mass is 300 g/mol. The highest BCUT2D eigenvalue weighted by atomic mass is 16.5. The molecule has 126 valence electrons. The van der Waals surface area contributed by atoms with Crippen molar-refractivity contribution in [3.05, 3.63) is 0 Å². The van der Waals surface area contributed by atoms with E-state index < -0.39 is 0 Å². The van der Waals surface area contributed by atoms with Gasteiger partial charge in [-0.2, -0.15) is 0 Å². The van der Waals surface area contributed by atoms with Crippen LogP contribution in [0.2, 0.25) is 0 Å². The number of rotatable bonds is 16. The van der Waals surface area contributed by atoms with Crippen LogP contribution in [0.4, 0.5) is 0 Å². The van der Waals surface area contributed by atoms with E-state index in [0.717, 1.165) is 45.6 Å². The molecule has 4 nitrogen and oxygen atoms in total. The molecule has 0 aliphatic heterocycles. The van der Waals surface area contributed by atoms with Crippen LogP contribution in [0.5, 0.6) is 0 Å². The van der Waals surface area contributed by atoms with Gasteiger partial charge in [0.25, 0.3) is 0 Å². The Morgan fingerprint density at radius 1 is 0.857 bits per heavy atom. The number of nitrogens with zero attached hydrogens (tertiary/aromatic N) is 1. The van der Waals surface area contributed by atoms with Crippen molar-refractivity contribution in [3.8, 4) is 0 Å². The molecular formula is C17H36N2O2. The lowest BCUT2D eigenvalue weighted by Crippen LogP contribution is -2.32. The van der Waals surface area contributed by atoms with Crippen LogP contribution in [-0.2, 0) is 9.47 Å². The Balaban J connectivity index is 1.94. The lowest BCUT2D eigenvalue weighted by Gasteiger charge is -2.22. The van der Waals surface area contributed by atoms with Crippen LogP contribution in [0.3, 0.4) is 0 Å². The van der Waals surface area contributed by atoms with Crippen molar-refractivity contribution in [1.82, 2.24) is 10.2 Å². The third-order valence-corrected chi connectivity index (χ3v) is 3.92. The van der Waals surface area contributed by atoms with Crippen LogP contribution in [0.15, 0.2) is 0 Å². The van der Waals surface area contributed by atoms with E-state index in [9.17, 15) is 0 Å². The molecule has 1 aliphatic carbocycles. The molecule has 0 bridgehead atoms. The number of hydrogen-bond donors (Lipinski definition) is 1. The molecule has 1 saturated carbocycles. The van der Waals surface area contributed by atoms with Crippen molar-refractivity contribution in [1.29, 1.82) is 0 Å². The quantitative estimate of drug-likeness (QED) is 0.444. The standard InChI is InChI=1S/C17H36N2O2/c1-3-20-15-13-19(14-16-21-4-2)12-8-6-5-7-11-18-17-9-10-17/h17-18H,3-16H2,1-2H3. The number of ether oxygens (including phenoxy) is 2. The van der Waals surface area contributed by atoms with Crippen molar-refractivity contribution in [2.45, 2.75) is 58.4 Å². The maximum Gasteiger partial charge on any atom is 0.0593 e. The minimum atomic E-state index is 0.813. The maximum absolute atomic E-state index is 5.47. The molecule has 0 saturated heterocycles. The molecule has 0 spiro atoms. The van der Waals surface area contributed by atoms with Crippen molar-refractivity contribution >= 4 is 0 Å². The first-order chi connectivity index (χ1) is 10.4. The summed E-state index contributed by atoms with van der Waals surface area (Å²) in [7, 11) is 0. The highest BCUT2D eigenvalue weighted by Crippen LogP contribution is 2.18. The van der Waals surface area contributed by atoms with Crippen molar-refractivity contribution in [2.24, 2.45) is 0 Å². The first-order valence-corrected chi connectivity index (χ1v) is 8.98. The molecule has 4 heteroatoms. The third-order valence-electron chi connectivity index (χ3n) is 3.92. The average molecular weight is 300 g/mol. The van der Waals surface area contributed by atoms with Gasteiger partial charge in [0, 0.05) is 32.3 Å². The van der Waals surface area contributed by atoms with Crippen molar-refractivity contribution in [2.75, 3.05) is 52.6 Å². The predicted octanol–water partition coefficient (Wildman–Crippen LogP) is 2.67. The van der Waals surface area contributed by atoms with Gasteiger partial charge in [0.15, 0.2) is 0 Å². The zero-order chi connectivity index (χ0) is 15.2. The van der Waals surface area contributed by atoms with Gasteiger partial charge in [0.2, 0.25) is 0 Å². The molecule has 0 aromatic rings. The third kappa shape index (κ3) is 12.1. The Hall–Kier alpha value is -0.160. The number of hydrogen-bond acceptors (Lipinski definition) is 4. The van der Waals surface area contributed by atoms with E-state index >= 15 is 0 Å². The summed E-state index contributed by atoms with van der Waals surface area (Å²) < 4.78 is 10.9. The number of unbranched alkanes of at least 4 members (excludes halogenated alkanes) is 3. The molecule has 0 aromatic heterocycles. The van der Waals surface area contributed by atoms with Crippen molar-refractivity contribution < 1.29 is 9.47 Å². The smallest absolute Gasteiger partial charge is 0.0593 e. The zero-order valence-corrected chi connectivity index (χ0v) is 14.2. The maximum atomic E-state index is 5.47. The van der Waals surface area contributed by atoms with Gasteiger partial charge in [-0.05, 0) is 52.6 Å². The van der Waals surface area contributed by atoms with Gasteiger partial charge in [0.1, 0.15) is 0 Å². The van der Waals surface area contributed by atoms with Gasteiger partial charge in [-0.25, -0.2) is 0 Å². The molecule has 1 fully saturated rings. The lowest BCUT2D eigenvalue weighted by atomic mass is 10.2. The fourth-order valence-corrected chi connectivity index (χ4v) is 2.42. The van der Waals surface area contributed by atoms with E-state index in [4.69, 9.17) is 9.47 Å². The predicted molar refractivity (Wildman–Crippen MR) is 88.9 cm³/mol. The Kier molecular flexibility index (Phi) is 12.1. The minimum absolute atomic E-state index is 0.813.